The van der Waals surface area contributed by atoms with Crippen LogP contribution in [0.4, 0.5) is 0 Å². The second kappa shape index (κ2) is 9.16. The number of carbonyl (C=O) groups is 1. The second-order valence-corrected chi connectivity index (χ2v) is 6.20. The molecule has 0 aromatic heterocycles. The molecule has 0 bridgehead atoms. The number of hydrogen-bond acceptors (Lipinski definition) is 2. The van der Waals surface area contributed by atoms with Gasteiger partial charge in [-0.15, -0.1) is 12.4 Å². The lowest BCUT2D eigenvalue weighted by molar-refractivity contribution is -0.131. The monoisotopic (exact) mass is 326 g/mol. The fourth-order valence-corrected chi connectivity index (χ4v) is 2.79. The predicted molar refractivity (Wildman–Crippen MR) is 96.5 cm³/mol. The number of nitrogens with two attached hydrogens (primary N) is 1. The minimum absolute atomic E-state index is 0. The van der Waals surface area contributed by atoms with Gasteiger partial charge in [0.1, 0.15) is 0 Å². The van der Waals surface area contributed by atoms with E-state index in [9.17, 15) is 4.79 Å². The number of hydrogen-bond donors (Lipinski definition) is 2. The summed E-state index contributed by atoms with van der Waals surface area (Å²) in [5.41, 5.74) is 9.26. The zero-order valence-corrected chi connectivity index (χ0v) is 15.3. The Balaban J connectivity index is 0.00000441. The van der Waals surface area contributed by atoms with Crippen LogP contribution in [-0.4, -0.2) is 18.5 Å². The van der Waals surface area contributed by atoms with Crippen molar-refractivity contribution in [1.29, 1.82) is 0 Å². The Morgan fingerprint density at radius 3 is 2.32 bits per heavy atom. The van der Waals surface area contributed by atoms with Gasteiger partial charge in [0.15, 0.2) is 0 Å². The molecule has 0 aliphatic carbocycles. The zero-order valence-electron chi connectivity index (χ0n) is 14.5. The van der Waals surface area contributed by atoms with E-state index in [2.05, 4.69) is 44.3 Å². The fourth-order valence-electron chi connectivity index (χ4n) is 2.79. The first kappa shape index (κ1) is 20.9. The highest BCUT2D eigenvalue weighted by Gasteiger charge is 2.33. The molecule has 1 amide bonds. The lowest BCUT2D eigenvalue weighted by Crippen LogP contribution is -2.48. The van der Waals surface area contributed by atoms with Gasteiger partial charge >= 0.3 is 0 Å². The van der Waals surface area contributed by atoms with Crippen LogP contribution in [0.2, 0.25) is 0 Å². The topological polar surface area (TPSA) is 55.1 Å². The van der Waals surface area contributed by atoms with Crippen molar-refractivity contribution >= 4 is 18.3 Å². The number of amides is 1. The Morgan fingerprint density at radius 2 is 1.86 bits per heavy atom. The first-order valence-corrected chi connectivity index (χ1v) is 7.95. The van der Waals surface area contributed by atoms with Gasteiger partial charge in [-0.1, -0.05) is 37.6 Å². The highest BCUT2D eigenvalue weighted by atomic mass is 35.5. The molecule has 1 aromatic carbocycles. The third kappa shape index (κ3) is 4.99. The number of benzene rings is 1. The van der Waals surface area contributed by atoms with Gasteiger partial charge in [-0.2, -0.15) is 0 Å². The van der Waals surface area contributed by atoms with Crippen LogP contribution in [0.25, 0.3) is 0 Å². The smallest absolute Gasteiger partial charge is 0.227 e. The maximum Gasteiger partial charge on any atom is 0.227 e. The molecule has 22 heavy (non-hydrogen) atoms. The molecule has 0 aliphatic heterocycles. The van der Waals surface area contributed by atoms with Gasteiger partial charge in [0, 0.05) is 12.6 Å². The summed E-state index contributed by atoms with van der Waals surface area (Å²) in [6, 6.07) is 6.58. The standard InChI is InChI=1S/C18H30N2O.ClH/c1-6-18(7-2,12-19)17(21)20-15(5)11-16-9-8-13(3)10-14(16)4;/h8-10,15H,6-7,11-12,19H2,1-5H3,(H,20,21);1H. The van der Waals surface area contributed by atoms with Gasteiger partial charge in [-0.05, 0) is 51.2 Å². The molecule has 1 aromatic rings. The minimum Gasteiger partial charge on any atom is -0.353 e. The molecule has 126 valence electrons. The summed E-state index contributed by atoms with van der Waals surface area (Å²) >= 11 is 0. The molecule has 0 spiro atoms. The molecule has 0 radical (unpaired) electrons. The SMILES string of the molecule is CCC(CC)(CN)C(=O)NC(C)Cc1ccc(C)cc1C.Cl. The van der Waals surface area contributed by atoms with E-state index in [4.69, 9.17) is 5.73 Å². The highest BCUT2D eigenvalue weighted by molar-refractivity contribution is 5.85. The maximum atomic E-state index is 12.5. The van der Waals surface area contributed by atoms with E-state index < -0.39 is 5.41 Å². The highest BCUT2D eigenvalue weighted by Crippen LogP contribution is 2.25. The Labute approximate surface area is 141 Å². The van der Waals surface area contributed by atoms with Crippen LogP contribution < -0.4 is 11.1 Å². The van der Waals surface area contributed by atoms with Crippen molar-refractivity contribution in [1.82, 2.24) is 5.32 Å². The summed E-state index contributed by atoms with van der Waals surface area (Å²) in [6.07, 6.45) is 2.41. The van der Waals surface area contributed by atoms with Crippen LogP contribution in [0, 0.1) is 19.3 Å². The third-order valence-electron chi connectivity index (χ3n) is 4.63. The van der Waals surface area contributed by atoms with E-state index in [0.717, 1.165) is 19.3 Å². The number of aryl methyl sites for hydroxylation is 2. The molecule has 0 aliphatic rings. The fraction of sp³-hybridized carbons (Fsp3) is 0.611. The Kier molecular flexibility index (Phi) is 8.72. The molecule has 4 heteroatoms. The second-order valence-electron chi connectivity index (χ2n) is 6.20. The van der Waals surface area contributed by atoms with Crippen LogP contribution in [0.1, 0.15) is 50.3 Å². The molecule has 0 saturated carbocycles. The van der Waals surface area contributed by atoms with Crippen molar-refractivity contribution in [2.75, 3.05) is 6.54 Å². The maximum absolute atomic E-state index is 12.5. The number of nitrogens with one attached hydrogen (secondary N) is 1. The van der Waals surface area contributed by atoms with E-state index in [1.165, 1.54) is 16.7 Å². The number of rotatable bonds is 7. The van der Waals surface area contributed by atoms with Crippen molar-refractivity contribution in [2.24, 2.45) is 11.1 Å². The van der Waals surface area contributed by atoms with E-state index in [0.29, 0.717) is 6.54 Å². The summed E-state index contributed by atoms with van der Waals surface area (Å²) in [6.45, 7) is 10.8. The van der Waals surface area contributed by atoms with Gasteiger partial charge in [-0.25, -0.2) is 0 Å². The van der Waals surface area contributed by atoms with Crippen molar-refractivity contribution in [2.45, 2.75) is 59.9 Å². The first-order valence-electron chi connectivity index (χ1n) is 7.95. The van der Waals surface area contributed by atoms with E-state index >= 15 is 0 Å². The quantitative estimate of drug-likeness (QED) is 0.805. The lowest BCUT2D eigenvalue weighted by Gasteiger charge is -2.30. The van der Waals surface area contributed by atoms with Gasteiger partial charge in [-0.3, -0.25) is 4.79 Å². The van der Waals surface area contributed by atoms with Crippen LogP contribution in [0.5, 0.6) is 0 Å². The van der Waals surface area contributed by atoms with Crippen LogP contribution in [-0.2, 0) is 11.2 Å². The summed E-state index contributed by atoms with van der Waals surface area (Å²) < 4.78 is 0. The van der Waals surface area contributed by atoms with Gasteiger partial charge in [0.05, 0.1) is 5.41 Å². The number of carbonyl (C=O) groups excluding carboxylic acids is 1. The van der Waals surface area contributed by atoms with Crippen molar-refractivity contribution < 1.29 is 4.79 Å². The van der Waals surface area contributed by atoms with Gasteiger partial charge < -0.3 is 11.1 Å². The molecular weight excluding hydrogens is 296 g/mol. The van der Waals surface area contributed by atoms with Gasteiger partial charge in [0.25, 0.3) is 0 Å². The first-order chi connectivity index (χ1) is 9.88. The van der Waals surface area contributed by atoms with E-state index in [1.807, 2.05) is 13.8 Å². The van der Waals surface area contributed by atoms with Crippen molar-refractivity contribution in [3.8, 4) is 0 Å². The molecule has 3 nitrogen and oxygen atoms in total. The Hall–Kier alpha value is -1.06. The molecule has 1 rings (SSSR count). The number of halogens is 1. The summed E-state index contributed by atoms with van der Waals surface area (Å²) in [5.74, 6) is 0.0901. The summed E-state index contributed by atoms with van der Waals surface area (Å²) in [5, 5.41) is 3.14. The third-order valence-corrected chi connectivity index (χ3v) is 4.63. The van der Waals surface area contributed by atoms with Crippen molar-refractivity contribution in [3.63, 3.8) is 0 Å². The average Bonchev–Trinajstić information content (AvgIpc) is 2.44. The molecule has 0 fully saturated rings. The molecule has 0 saturated heterocycles. The van der Waals surface area contributed by atoms with Gasteiger partial charge in [0.2, 0.25) is 5.91 Å². The largest absolute Gasteiger partial charge is 0.353 e. The normalized spacial score (nSPS) is 12.5. The Morgan fingerprint density at radius 1 is 1.27 bits per heavy atom. The van der Waals surface area contributed by atoms with Crippen LogP contribution in [0.3, 0.4) is 0 Å². The Bertz CT molecular complexity index is 476. The summed E-state index contributed by atoms with van der Waals surface area (Å²) in [4.78, 5) is 12.5. The predicted octanol–water partition coefficient (Wildman–Crippen LogP) is 3.54. The summed E-state index contributed by atoms with van der Waals surface area (Å²) in [7, 11) is 0. The van der Waals surface area contributed by atoms with E-state index in [1.54, 1.807) is 0 Å². The lowest BCUT2D eigenvalue weighted by atomic mass is 9.81. The molecule has 1 unspecified atom stereocenters. The molecular formula is C18H31ClN2O. The minimum atomic E-state index is -0.420. The molecule has 3 N–H and O–H groups in total. The van der Waals surface area contributed by atoms with E-state index in [-0.39, 0.29) is 24.4 Å². The zero-order chi connectivity index (χ0) is 16.0. The van der Waals surface area contributed by atoms with Crippen LogP contribution in [0.15, 0.2) is 18.2 Å². The molecule has 1 atom stereocenters. The average molecular weight is 327 g/mol. The van der Waals surface area contributed by atoms with Crippen LogP contribution >= 0.6 is 12.4 Å². The molecule has 0 heterocycles. The van der Waals surface area contributed by atoms with Crippen molar-refractivity contribution in [3.05, 3.63) is 34.9 Å².